The van der Waals surface area contributed by atoms with Gasteiger partial charge in [-0.3, -0.25) is 4.79 Å². The Bertz CT molecular complexity index is 478. The van der Waals surface area contributed by atoms with Crippen LogP contribution in [0.25, 0.3) is 5.65 Å². The molecule has 0 saturated heterocycles. The van der Waals surface area contributed by atoms with E-state index >= 15 is 0 Å². The van der Waals surface area contributed by atoms with Crippen molar-refractivity contribution < 1.29 is 9.90 Å². The molecule has 72 valence electrons. The molecule has 0 bridgehead atoms. The van der Waals surface area contributed by atoms with Crippen LogP contribution in [0.3, 0.4) is 0 Å². The van der Waals surface area contributed by atoms with Crippen molar-refractivity contribution in [2.24, 2.45) is 5.73 Å². The molecule has 2 aromatic rings. The van der Waals surface area contributed by atoms with E-state index in [1.54, 1.807) is 22.7 Å². The van der Waals surface area contributed by atoms with E-state index in [1.165, 1.54) is 6.20 Å². The third-order valence-electron chi connectivity index (χ3n) is 2.03. The molecule has 5 heteroatoms. The quantitative estimate of drug-likeness (QED) is 0.720. The maximum absolute atomic E-state index is 10.7. The highest BCUT2D eigenvalue weighted by atomic mass is 16.4. The Hall–Kier alpha value is -1.88. The summed E-state index contributed by atoms with van der Waals surface area (Å²) < 4.78 is 1.67. The normalized spacial score (nSPS) is 12.9. The Morgan fingerprint density at radius 2 is 2.36 bits per heavy atom. The van der Waals surface area contributed by atoms with Gasteiger partial charge in [-0.05, 0) is 12.1 Å². The molecule has 0 spiro atoms. The molecule has 0 amide bonds. The fraction of sp³-hybridized carbons (Fsp3) is 0.111. The van der Waals surface area contributed by atoms with Crippen molar-refractivity contribution in [2.75, 3.05) is 0 Å². The average Bonchev–Trinajstić information content (AvgIpc) is 2.60. The number of rotatable bonds is 2. The number of fused-ring (bicyclic) bond motifs is 1. The number of hydrogen-bond donors (Lipinski definition) is 2. The highest BCUT2D eigenvalue weighted by Gasteiger charge is 2.17. The molecule has 2 aromatic heterocycles. The zero-order chi connectivity index (χ0) is 10.1. The van der Waals surface area contributed by atoms with Gasteiger partial charge in [-0.2, -0.15) is 0 Å². The lowest BCUT2D eigenvalue weighted by atomic mass is 10.2. The van der Waals surface area contributed by atoms with Gasteiger partial charge in [0, 0.05) is 6.20 Å². The van der Waals surface area contributed by atoms with Gasteiger partial charge >= 0.3 is 5.97 Å². The van der Waals surface area contributed by atoms with Crippen molar-refractivity contribution in [3.05, 3.63) is 36.3 Å². The van der Waals surface area contributed by atoms with Gasteiger partial charge in [0.25, 0.3) is 0 Å². The van der Waals surface area contributed by atoms with Crippen molar-refractivity contribution in [3.8, 4) is 0 Å². The summed E-state index contributed by atoms with van der Waals surface area (Å²) in [6.07, 6.45) is 3.22. The second-order valence-electron chi connectivity index (χ2n) is 2.93. The van der Waals surface area contributed by atoms with Gasteiger partial charge in [0.05, 0.1) is 11.9 Å². The fourth-order valence-corrected chi connectivity index (χ4v) is 1.31. The van der Waals surface area contributed by atoms with Crippen molar-refractivity contribution in [3.63, 3.8) is 0 Å². The van der Waals surface area contributed by atoms with E-state index in [0.717, 1.165) is 0 Å². The van der Waals surface area contributed by atoms with Crippen LogP contribution in [-0.4, -0.2) is 20.5 Å². The van der Waals surface area contributed by atoms with Gasteiger partial charge < -0.3 is 15.2 Å². The van der Waals surface area contributed by atoms with Crippen molar-refractivity contribution >= 4 is 11.6 Å². The summed E-state index contributed by atoms with van der Waals surface area (Å²) in [5, 5.41) is 8.75. The predicted molar refractivity (Wildman–Crippen MR) is 49.8 cm³/mol. The van der Waals surface area contributed by atoms with E-state index in [2.05, 4.69) is 4.98 Å². The zero-order valence-electron chi connectivity index (χ0n) is 7.29. The van der Waals surface area contributed by atoms with Crippen molar-refractivity contribution in [1.29, 1.82) is 0 Å². The lowest BCUT2D eigenvalue weighted by Crippen LogP contribution is -2.22. The molecule has 5 nitrogen and oxygen atoms in total. The molecule has 2 rings (SSSR count). The number of hydrogen-bond acceptors (Lipinski definition) is 3. The van der Waals surface area contributed by atoms with Crippen LogP contribution in [0.4, 0.5) is 0 Å². The summed E-state index contributed by atoms with van der Waals surface area (Å²) in [7, 11) is 0. The molecule has 0 aliphatic carbocycles. The molecular weight excluding hydrogens is 182 g/mol. The highest BCUT2D eigenvalue weighted by Crippen LogP contribution is 2.12. The SMILES string of the molecule is NC(C(=O)O)c1cnc2ccccn12. The molecule has 0 radical (unpaired) electrons. The summed E-state index contributed by atoms with van der Waals surface area (Å²) in [6, 6.07) is 4.39. The second-order valence-corrected chi connectivity index (χ2v) is 2.93. The number of aliphatic carboxylic acids is 1. The smallest absolute Gasteiger partial charge is 0.326 e. The Morgan fingerprint density at radius 3 is 3.07 bits per heavy atom. The first-order valence-corrected chi connectivity index (χ1v) is 4.10. The van der Waals surface area contributed by atoms with Crippen LogP contribution in [-0.2, 0) is 4.79 Å². The standard InChI is InChI=1S/C9H9N3O2/c10-8(9(13)14)6-5-11-7-3-1-2-4-12(6)7/h1-5,8H,10H2,(H,13,14). The summed E-state index contributed by atoms with van der Waals surface area (Å²) in [5.74, 6) is -1.06. The minimum Gasteiger partial charge on any atom is -0.480 e. The minimum atomic E-state index is -1.06. The average molecular weight is 191 g/mol. The number of nitrogens with two attached hydrogens (primary N) is 1. The topological polar surface area (TPSA) is 80.6 Å². The van der Waals surface area contributed by atoms with Gasteiger partial charge in [-0.25, -0.2) is 4.98 Å². The Kier molecular flexibility index (Phi) is 1.94. The van der Waals surface area contributed by atoms with E-state index in [9.17, 15) is 4.79 Å². The summed E-state index contributed by atoms with van der Waals surface area (Å²) in [4.78, 5) is 14.7. The monoisotopic (exact) mass is 191 g/mol. The van der Waals surface area contributed by atoms with Crippen molar-refractivity contribution in [2.45, 2.75) is 6.04 Å². The number of imidazole rings is 1. The van der Waals surface area contributed by atoms with Crippen LogP contribution >= 0.6 is 0 Å². The molecule has 2 heterocycles. The fourth-order valence-electron chi connectivity index (χ4n) is 1.31. The van der Waals surface area contributed by atoms with Crippen molar-refractivity contribution in [1.82, 2.24) is 9.38 Å². The van der Waals surface area contributed by atoms with E-state index in [-0.39, 0.29) is 0 Å². The number of nitrogens with zero attached hydrogens (tertiary/aromatic N) is 2. The Balaban J connectivity index is 2.58. The summed E-state index contributed by atoms with van der Waals surface area (Å²) >= 11 is 0. The lowest BCUT2D eigenvalue weighted by molar-refractivity contribution is -0.138. The highest BCUT2D eigenvalue weighted by molar-refractivity contribution is 5.74. The minimum absolute atomic E-state index is 0.480. The number of carboxylic acid groups (broad SMARTS) is 1. The molecule has 0 saturated carbocycles. The molecule has 14 heavy (non-hydrogen) atoms. The van der Waals surface area contributed by atoms with E-state index in [4.69, 9.17) is 10.8 Å². The van der Waals surface area contributed by atoms with E-state index < -0.39 is 12.0 Å². The third-order valence-corrected chi connectivity index (χ3v) is 2.03. The maximum Gasteiger partial charge on any atom is 0.326 e. The Labute approximate surface area is 79.8 Å². The first-order chi connectivity index (χ1) is 6.70. The van der Waals surface area contributed by atoms with Crippen LogP contribution in [0.1, 0.15) is 11.7 Å². The van der Waals surface area contributed by atoms with Gasteiger partial charge in [0.15, 0.2) is 0 Å². The number of aromatic nitrogens is 2. The zero-order valence-corrected chi connectivity index (χ0v) is 7.29. The van der Waals surface area contributed by atoms with Crippen LogP contribution in [0.15, 0.2) is 30.6 Å². The van der Waals surface area contributed by atoms with Gasteiger partial charge in [0.2, 0.25) is 0 Å². The maximum atomic E-state index is 10.7. The third kappa shape index (κ3) is 1.23. The van der Waals surface area contributed by atoms with Gasteiger partial charge in [-0.1, -0.05) is 6.07 Å². The molecule has 3 N–H and O–H groups in total. The van der Waals surface area contributed by atoms with Crippen LogP contribution in [0.2, 0.25) is 0 Å². The van der Waals surface area contributed by atoms with Crippen LogP contribution < -0.4 is 5.73 Å². The summed E-state index contributed by atoms with van der Waals surface area (Å²) in [5.41, 5.74) is 6.66. The first-order valence-electron chi connectivity index (χ1n) is 4.10. The first kappa shape index (κ1) is 8.71. The van der Waals surface area contributed by atoms with Crippen LogP contribution in [0.5, 0.6) is 0 Å². The largest absolute Gasteiger partial charge is 0.480 e. The Morgan fingerprint density at radius 1 is 1.57 bits per heavy atom. The number of carboxylic acids is 1. The second kappa shape index (κ2) is 3.12. The molecular formula is C9H9N3O2. The molecule has 0 aliphatic rings. The number of carbonyl (C=O) groups is 1. The number of pyridine rings is 1. The van der Waals surface area contributed by atoms with E-state index in [0.29, 0.717) is 11.3 Å². The lowest BCUT2D eigenvalue weighted by Gasteiger charge is -2.05. The van der Waals surface area contributed by atoms with Gasteiger partial charge in [0.1, 0.15) is 11.7 Å². The van der Waals surface area contributed by atoms with Crippen LogP contribution in [0, 0.1) is 0 Å². The predicted octanol–water partition coefficient (Wildman–Crippen LogP) is 0.419. The molecule has 0 aromatic carbocycles. The van der Waals surface area contributed by atoms with Gasteiger partial charge in [-0.15, -0.1) is 0 Å². The summed E-state index contributed by atoms with van der Waals surface area (Å²) in [6.45, 7) is 0. The van der Waals surface area contributed by atoms with E-state index in [1.807, 2.05) is 6.07 Å². The molecule has 0 fully saturated rings. The molecule has 0 aliphatic heterocycles. The molecule has 1 atom stereocenters. The molecule has 1 unspecified atom stereocenters.